The number of aromatic amines is 1. The van der Waals surface area contributed by atoms with Gasteiger partial charge in [-0.25, -0.2) is 4.98 Å². The van der Waals surface area contributed by atoms with Gasteiger partial charge in [-0.2, -0.15) is 0 Å². The number of hydrogen-bond acceptors (Lipinski definition) is 6. The number of carbonyl (C=O) groups is 1. The van der Waals surface area contributed by atoms with Crippen molar-refractivity contribution >= 4 is 17.1 Å². The van der Waals surface area contributed by atoms with E-state index in [9.17, 15) is 4.79 Å². The van der Waals surface area contributed by atoms with Crippen molar-refractivity contribution in [1.82, 2.24) is 20.4 Å². The van der Waals surface area contributed by atoms with Crippen LogP contribution in [0.4, 0.5) is 0 Å². The minimum Gasteiger partial charge on any atom is -0.436 e. The van der Waals surface area contributed by atoms with E-state index in [0.29, 0.717) is 5.75 Å². The SMILES string of the molecule is CC(=O)c1[nH]nnc1Oc1ccc(-c2nccs2)cc1. The first kappa shape index (κ1) is 12.5. The molecule has 2 heterocycles. The quantitative estimate of drug-likeness (QED) is 0.746. The van der Waals surface area contributed by atoms with Crippen LogP contribution >= 0.6 is 11.3 Å². The van der Waals surface area contributed by atoms with E-state index in [2.05, 4.69) is 20.4 Å². The summed E-state index contributed by atoms with van der Waals surface area (Å²) in [5.74, 6) is 0.589. The fourth-order valence-corrected chi connectivity index (χ4v) is 2.31. The van der Waals surface area contributed by atoms with Gasteiger partial charge in [0.15, 0.2) is 11.5 Å². The van der Waals surface area contributed by atoms with Crippen LogP contribution in [0.1, 0.15) is 17.4 Å². The third kappa shape index (κ3) is 2.43. The van der Waals surface area contributed by atoms with E-state index < -0.39 is 0 Å². The monoisotopic (exact) mass is 286 g/mol. The number of carbonyl (C=O) groups excluding carboxylic acids is 1. The fourth-order valence-electron chi connectivity index (χ4n) is 1.66. The molecule has 0 aliphatic carbocycles. The van der Waals surface area contributed by atoms with Gasteiger partial charge in [0, 0.05) is 24.1 Å². The van der Waals surface area contributed by atoms with Crippen LogP contribution in [0.2, 0.25) is 0 Å². The van der Waals surface area contributed by atoms with E-state index in [4.69, 9.17) is 4.74 Å². The van der Waals surface area contributed by atoms with Crippen molar-refractivity contribution in [2.45, 2.75) is 6.92 Å². The molecule has 0 amide bonds. The number of thiazole rings is 1. The fraction of sp³-hybridized carbons (Fsp3) is 0.0769. The Hall–Kier alpha value is -2.54. The van der Waals surface area contributed by atoms with Crippen LogP contribution in [0.3, 0.4) is 0 Å². The van der Waals surface area contributed by atoms with Gasteiger partial charge in [-0.05, 0) is 24.3 Å². The summed E-state index contributed by atoms with van der Waals surface area (Å²) in [6.45, 7) is 1.42. The van der Waals surface area contributed by atoms with Crippen molar-refractivity contribution in [2.24, 2.45) is 0 Å². The number of H-pyrrole nitrogens is 1. The average Bonchev–Trinajstić information content (AvgIpc) is 3.10. The lowest BCUT2D eigenvalue weighted by molar-refractivity contribution is 0.101. The Balaban J connectivity index is 1.82. The summed E-state index contributed by atoms with van der Waals surface area (Å²) < 4.78 is 5.54. The number of nitrogens with zero attached hydrogens (tertiary/aromatic N) is 3. The molecule has 20 heavy (non-hydrogen) atoms. The molecule has 6 nitrogen and oxygen atoms in total. The van der Waals surface area contributed by atoms with Gasteiger partial charge in [0.1, 0.15) is 10.8 Å². The zero-order valence-corrected chi connectivity index (χ0v) is 11.3. The van der Waals surface area contributed by atoms with Crippen molar-refractivity contribution in [2.75, 3.05) is 0 Å². The highest BCUT2D eigenvalue weighted by molar-refractivity contribution is 7.13. The molecule has 1 aromatic carbocycles. The van der Waals surface area contributed by atoms with E-state index in [0.717, 1.165) is 10.6 Å². The van der Waals surface area contributed by atoms with Crippen LogP contribution in [0.15, 0.2) is 35.8 Å². The highest BCUT2D eigenvalue weighted by Gasteiger charge is 2.13. The van der Waals surface area contributed by atoms with E-state index in [1.54, 1.807) is 29.7 Å². The molecule has 2 aromatic heterocycles. The summed E-state index contributed by atoms with van der Waals surface area (Å²) in [4.78, 5) is 15.6. The van der Waals surface area contributed by atoms with Crippen LogP contribution in [0.5, 0.6) is 11.6 Å². The predicted molar refractivity (Wildman–Crippen MR) is 74.0 cm³/mol. The van der Waals surface area contributed by atoms with Gasteiger partial charge in [0.25, 0.3) is 5.88 Å². The first-order valence-electron chi connectivity index (χ1n) is 5.84. The first-order valence-corrected chi connectivity index (χ1v) is 6.72. The smallest absolute Gasteiger partial charge is 0.269 e. The maximum absolute atomic E-state index is 11.3. The molecule has 0 spiro atoms. The summed E-state index contributed by atoms with van der Waals surface area (Å²) in [6, 6.07) is 7.41. The zero-order valence-electron chi connectivity index (χ0n) is 10.5. The van der Waals surface area contributed by atoms with Crippen LogP contribution in [0, 0.1) is 0 Å². The van der Waals surface area contributed by atoms with Gasteiger partial charge in [0.2, 0.25) is 0 Å². The van der Waals surface area contributed by atoms with Gasteiger partial charge in [-0.15, -0.1) is 11.3 Å². The molecule has 7 heteroatoms. The number of hydrogen-bond donors (Lipinski definition) is 1. The van der Waals surface area contributed by atoms with Gasteiger partial charge in [0.05, 0.1) is 0 Å². The molecular formula is C13H10N4O2S. The van der Waals surface area contributed by atoms with E-state index in [1.807, 2.05) is 17.5 Å². The lowest BCUT2D eigenvalue weighted by Crippen LogP contribution is -1.96. The molecule has 0 aliphatic rings. The van der Waals surface area contributed by atoms with Crippen LogP contribution in [0.25, 0.3) is 10.6 Å². The Morgan fingerprint density at radius 3 is 2.75 bits per heavy atom. The Morgan fingerprint density at radius 2 is 2.10 bits per heavy atom. The number of nitrogens with one attached hydrogen (secondary N) is 1. The third-order valence-electron chi connectivity index (χ3n) is 2.62. The molecular weight excluding hydrogens is 276 g/mol. The Morgan fingerprint density at radius 1 is 1.30 bits per heavy atom. The molecule has 0 saturated carbocycles. The standard InChI is InChI=1S/C13H10N4O2S/c1-8(18)11-12(16-17-15-11)19-10-4-2-9(3-5-10)13-14-6-7-20-13/h2-7H,1H3,(H,15,16,17). The van der Waals surface area contributed by atoms with Crippen molar-refractivity contribution in [3.8, 4) is 22.2 Å². The Kier molecular flexibility index (Phi) is 3.26. The highest BCUT2D eigenvalue weighted by Crippen LogP contribution is 2.26. The topological polar surface area (TPSA) is 80.8 Å². The lowest BCUT2D eigenvalue weighted by atomic mass is 10.2. The minimum absolute atomic E-state index is 0.176. The number of ketones is 1. The molecule has 0 aliphatic heterocycles. The second-order valence-electron chi connectivity index (χ2n) is 4.01. The summed E-state index contributed by atoms with van der Waals surface area (Å²) in [5, 5.41) is 12.7. The van der Waals surface area contributed by atoms with Gasteiger partial charge >= 0.3 is 0 Å². The number of aromatic nitrogens is 4. The molecule has 0 saturated heterocycles. The molecule has 3 aromatic rings. The van der Waals surface area contributed by atoms with E-state index in [1.165, 1.54) is 6.92 Å². The maximum Gasteiger partial charge on any atom is 0.269 e. The van der Waals surface area contributed by atoms with Crippen LogP contribution < -0.4 is 4.74 Å². The Labute approximate surface area is 118 Å². The summed E-state index contributed by atoms with van der Waals surface area (Å²) in [7, 11) is 0. The maximum atomic E-state index is 11.3. The van der Waals surface area contributed by atoms with Crippen molar-refractivity contribution in [3.63, 3.8) is 0 Å². The lowest BCUT2D eigenvalue weighted by Gasteiger charge is -2.03. The number of rotatable bonds is 4. The molecule has 0 unspecified atom stereocenters. The molecule has 0 fully saturated rings. The minimum atomic E-state index is -0.176. The van der Waals surface area contributed by atoms with Gasteiger partial charge < -0.3 is 4.74 Å². The summed E-state index contributed by atoms with van der Waals surface area (Å²) >= 11 is 1.57. The zero-order chi connectivity index (χ0) is 13.9. The first-order chi connectivity index (χ1) is 9.74. The van der Waals surface area contributed by atoms with Crippen molar-refractivity contribution in [3.05, 3.63) is 41.5 Å². The number of Topliss-reactive ketones (excluding diaryl/α,β-unsaturated/α-hetero) is 1. The van der Waals surface area contributed by atoms with E-state index >= 15 is 0 Å². The second-order valence-corrected chi connectivity index (χ2v) is 4.91. The number of ether oxygens (including phenoxy) is 1. The molecule has 3 rings (SSSR count). The molecule has 0 bridgehead atoms. The summed E-state index contributed by atoms with van der Waals surface area (Å²) in [6.07, 6.45) is 1.76. The summed E-state index contributed by atoms with van der Waals surface area (Å²) in [5.41, 5.74) is 1.27. The molecule has 0 radical (unpaired) electrons. The largest absolute Gasteiger partial charge is 0.436 e. The van der Waals surface area contributed by atoms with Gasteiger partial charge in [-0.3, -0.25) is 9.89 Å². The van der Waals surface area contributed by atoms with Crippen LogP contribution in [-0.4, -0.2) is 26.2 Å². The molecule has 1 N–H and O–H groups in total. The molecule has 0 atom stereocenters. The van der Waals surface area contributed by atoms with Crippen LogP contribution in [-0.2, 0) is 0 Å². The second kappa shape index (κ2) is 5.22. The van der Waals surface area contributed by atoms with Gasteiger partial charge in [-0.1, -0.05) is 10.3 Å². The van der Waals surface area contributed by atoms with E-state index in [-0.39, 0.29) is 17.4 Å². The van der Waals surface area contributed by atoms with Crippen molar-refractivity contribution < 1.29 is 9.53 Å². The predicted octanol–water partition coefficient (Wildman–Crippen LogP) is 2.92. The average molecular weight is 286 g/mol. The third-order valence-corrected chi connectivity index (χ3v) is 3.44. The number of benzene rings is 1. The van der Waals surface area contributed by atoms with Crippen molar-refractivity contribution in [1.29, 1.82) is 0 Å². The normalized spacial score (nSPS) is 10.4. The Bertz CT molecular complexity index is 719. The highest BCUT2D eigenvalue weighted by atomic mass is 32.1. The molecule has 100 valence electrons.